The van der Waals surface area contributed by atoms with E-state index in [1.807, 2.05) is 42.5 Å². The monoisotopic (exact) mass is 458 g/mol. The molecule has 0 radical (unpaired) electrons. The van der Waals surface area contributed by atoms with Crippen LogP contribution < -0.4 is 0 Å². The first kappa shape index (κ1) is 22.3. The third-order valence-electron chi connectivity index (χ3n) is 2.82. The highest BCUT2D eigenvalue weighted by Crippen LogP contribution is 2.16. The molecule has 0 bridgehead atoms. The van der Waals surface area contributed by atoms with E-state index in [9.17, 15) is 9.59 Å². The molecule has 0 aliphatic rings. The molecule has 130 valence electrons. The highest BCUT2D eigenvalue weighted by Gasteiger charge is 2.04. The van der Waals surface area contributed by atoms with Crippen molar-refractivity contribution in [2.45, 2.75) is 20.3 Å². The van der Waals surface area contributed by atoms with E-state index in [0.29, 0.717) is 6.42 Å². The first-order valence-electron chi connectivity index (χ1n) is 6.69. The number of rotatable bonds is 4. The zero-order valence-electron chi connectivity index (χ0n) is 12.5. The molecule has 2 rings (SSSR count). The van der Waals surface area contributed by atoms with Gasteiger partial charge in [-0.25, -0.2) is 0 Å². The molecule has 0 saturated carbocycles. The van der Waals surface area contributed by atoms with Crippen LogP contribution in [0.15, 0.2) is 57.5 Å². The molecule has 1 N–H and O–H groups in total. The number of carboxylic acids is 1. The Morgan fingerprint density at radius 3 is 1.71 bits per heavy atom. The maximum absolute atomic E-state index is 10.9. The summed E-state index contributed by atoms with van der Waals surface area (Å²) < 4.78 is 6.34. The molecule has 0 heterocycles. The lowest BCUT2D eigenvalue weighted by molar-refractivity contribution is -0.140. The number of ether oxygens (including phenoxy) is 1. The lowest BCUT2D eigenvalue weighted by atomic mass is 10.2. The molecular weight excluding hydrogens is 440 g/mol. The van der Waals surface area contributed by atoms with Gasteiger partial charge in [-0.2, -0.15) is 0 Å². The quantitative estimate of drug-likeness (QED) is 0.662. The maximum Gasteiger partial charge on any atom is 0.310 e. The van der Waals surface area contributed by atoms with Gasteiger partial charge in [0.05, 0.1) is 20.0 Å². The minimum atomic E-state index is -0.808. The van der Waals surface area contributed by atoms with Gasteiger partial charge in [-0.3, -0.25) is 9.59 Å². The van der Waals surface area contributed by atoms with Gasteiger partial charge in [0.1, 0.15) is 0 Å². The Kier molecular flexibility index (Phi) is 11.0. The second-order valence-corrected chi connectivity index (χ2v) is 6.21. The Hall–Kier alpha value is -1.66. The number of carbonyl (C=O) groups is 2. The second kappa shape index (κ2) is 11.8. The van der Waals surface area contributed by atoms with Crippen LogP contribution >= 0.6 is 31.9 Å². The van der Waals surface area contributed by atoms with E-state index in [1.54, 1.807) is 6.07 Å². The molecule has 0 fully saturated rings. The van der Waals surface area contributed by atoms with E-state index in [2.05, 4.69) is 36.6 Å². The minimum absolute atomic E-state index is 0. The van der Waals surface area contributed by atoms with E-state index in [1.165, 1.54) is 7.11 Å². The molecule has 6 heteroatoms. The van der Waals surface area contributed by atoms with Crippen molar-refractivity contribution < 1.29 is 19.4 Å². The molecule has 2 aromatic carbocycles. The minimum Gasteiger partial charge on any atom is -0.481 e. The van der Waals surface area contributed by atoms with Crippen LogP contribution in [-0.2, 0) is 27.2 Å². The first-order valence-corrected chi connectivity index (χ1v) is 8.28. The van der Waals surface area contributed by atoms with Gasteiger partial charge in [-0.1, -0.05) is 75.7 Å². The van der Waals surface area contributed by atoms with Crippen molar-refractivity contribution >= 4 is 43.8 Å². The topological polar surface area (TPSA) is 63.6 Å². The zero-order valence-corrected chi connectivity index (χ0v) is 15.6. The predicted molar refractivity (Wildman–Crippen MR) is 102 cm³/mol. The smallest absolute Gasteiger partial charge is 0.310 e. The van der Waals surface area contributed by atoms with Gasteiger partial charge in [-0.05, 0) is 23.3 Å². The molecule has 0 saturated heterocycles. The lowest BCUT2D eigenvalue weighted by Crippen LogP contribution is -2.04. The number of benzene rings is 2. The van der Waals surface area contributed by atoms with Crippen LogP contribution in [0.1, 0.15) is 18.6 Å². The Balaban J connectivity index is 0.000000425. The van der Waals surface area contributed by atoms with E-state index in [-0.39, 0.29) is 19.8 Å². The number of aliphatic carboxylic acids is 1. The molecule has 24 heavy (non-hydrogen) atoms. The van der Waals surface area contributed by atoms with Crippen LogP contribution in [0, 0.1) is 0 Å². The van der Waals surface area contributed by atoms with Gasteiger partial charge in [0.25, 0.3) is 0 Å². The fraction of sp³-hybridized carbons (Fsp3) is 0.222. The SMILES string of the molecule is C.COC(=O)Cc1ccccc1Br.O=C(O)Cc1ccccc1Br. The average molecular weight is 460 g/mol. The average Bonchev–Trinajstić information content (AvgIpc) is 2.52. The molecule has 4 nitrogen and oxygen atoms in total. The van der Waals surface area contributed by atoms with Gasteiger partial charge in [0.15, 0.2) is 0 Å². The van der Waals surface area contributed by atoms with E-state index in [4.69, 9.17) is 5.11 Å². The number of carbonyl (C=O) groups excluding carboxylic acids is 1. The van der Waals surface area contributed by atoms with Crippen molar-refractivity contribution in [1.29, 1.82) is 0 Å². The van der Waals surface area contributed by atoms with Gasteiger partial charge in [-0.15, -0.1) is 0 Å². The van der Waals surface area contributed by atoms with E-state index >= 15 is 0 Å². The van der Waals surface area contributed by atoms with Crippen LogP contribution in [-0.4, -0.2) is 24.2 Å². The molecule has 0 spiro atoms. The predicted octanol–water partition coefficient (Wildman–Crippen LogP) is 4.88. The maximum atomic E-state index is 10.9. The van der Waals surface area contributed by atoms with Gasteiger partial charge < -0.3 is 9.84 Å². The molecule has 0 aliphatic heterocycles. The molecule has 0 unspecified atom stereocenters. The fourth-order valence-corrected chi connectivity index (χ4v) is 2.52. The second-order valence-electron chi connectivity index (χ2n) is 4.51. The standard InChI is InChI=1S/C9H9BrO2.C8H7BrO2.CH4/c1-12-9(11)6-7-4-2-3-5-8(7)10;9-7-4-2-1-3-6(7)5-8(10)11;/h2-5H,6H2,1H3;1-4H,5H2,(H,10,11);1H4. The molecular formula is C18H20Br2O4. The first-order chi connectivity index (χ1) is 10.9. The number of hydrogen-bond acceptors (Lipinski definition) is 3. The summed E-state index contributed by atoms with van der Waals surface area (Å²) in [4.78, 5) is 21.2. The molecule has 0 aliphatic carbocycles. The van der Waals surface area contributed by atoms with Crippen molar-refractivity contribution in [2.75, 3.05) is 7.11 Å². The van der Waals surface area contributed by atoms with Crippen molar-refractivity contribution in [3.8, 4) is 0 Å². The summed E-state index contributed by atoms with van der Waals surface area (Å²) in [6.07, 6.45) is 0.388. The largest absolute Gasteiger partial charge is 0.481 e. The summed E-state index contributed by atoms with van der Waals surface area (Å²) in [5, 5.41) is 8.47. The molecule has 0 amide bonds. The number of esters is 1. The third kappa shape index (κ3) is 8.26. The number of halogens is 2. The van der Waals surface area contributed by atoms with Crippen LogP contribution in [0.5, 0.6) is 0 Å². The summed E-state index contributed by atoms with van der Waals surface area (Å²) in [7, 11) is 1.39. The Bertz CT molecular complexity index is 672. The van der Waals surface area contributed by atoms with Gasteiger partial charge in [0, 0.05) is 8.95 Å². The summed E-state index contributed by atoms with van der Waals surface area (Å²) in [5.41, 5.74) is 1.75. The summed E-state index contributed by atoms with van der Waals surface area (Å²) in [6.45, 7) is 0. The van der Waals surface area contributed by atoms with Crippen LogP contribution in [0.25, 0.3) is 0 Å². The summed E-state index contributed by atoms with van der Waals surface area (Å²) in [5.74, 6) is -1.03. The highest BCUT2D eigenvalue weighted by atomic mass is 79.9. The van der Waals surface area contributed by atoms with Crippen LogP contribution in [0.3, 0.4) is 0 Å². The van der Waals surface area contributed by atoms with E-state index < -0.39 is 5.97 Å². The Morgan fingerprint density at radius 2 is 1.33 bits per heavy atom. The summed E-state index contributed by atoms with van der Waals surface area (Å²) in [6, 6.07) is 14.9. The highest BCUT2D eigenvalue weighted by molar-refractivity contribution is 9.10. The molecule has 2 aromatic rings. The lowest BCUT2D eigenvalue weighted by Gasteiger charge is -2.01. The van der Waals surface area contributed by atoms with E-state index in [0.717, 1.165) is 20.1 Å². The number of hydrogen-bond donors (Lipinski definition) is 1. The van der Waals surface area contributed by atoms with Crippen molar-refractivity contribution in [2.24, 2.45) is 0 Å². The van der Waals surface area contributed by atoms with Gasteiger partial charge in [0.2, 0.25) is 0 Å². The van der Waals surface area contributed by atoms with Crippen molar-refractivity contribution in [1.82, 2.24) is 0 Å². The Morgan fingerprint density at radius 1 is 0.917 bits per heavy atom. The third-order valence-corrected chi connectivity index (χ3v) is 4.37. The zero-order chi connectivity index (χ0) is 17.2. The fourth-order valence-electron chi connectivity index (χ4n) is 1.67. The number of methoxy groups -OCH3 is 1. The molecule has 0 atom stereocenters. The van der Waals surface area contributed by atoms with Crippen molar-refractivity contribution in [3.63, 3.8) is 0 Å². The normalized spacial score (nSPS) is 9.12. The summed E-state index contributed by atoms with van der Waals surface area (Å²) >= 11 is 6.61. The van der Waals surface area contributed by atoms with Crippen LogP contribution in [0.4, 0.5) is 0 Å². The Labute approximate surface area is 159 Å². The van der Waals surface area contributed by atoms with Gasteiger partial charge >= 0.3 is 11.9 Å². The number of carboxylic acid groups (broad SMARTS) is 1. The van der Waals surface area contributed by atoms with Crippen molar-refractivity contribution in [3.05, 3.63) is 68.6 Å². The molecule has 0 aromatic heterocycles. The van der Waals surface area contributed by atoms with Crippen LogP contribution in [0.2, 0.25) is 0 Å².